The summed E-state index contributed by atoms with van der Waals surface area (Å²) in [7, 11) is 2.08. The quantitative estimate of drug-likeness (QED) is 0.372. The van der Waals surface area contributed by atoms with Crippen LogP contribution in [0.3, 0.4) is 0 Å². The molecule has 0 radical (unpaired) electrons. The summed E-state index contributed by atoms with van der Waals surface area (Å²) in [6.07, 6.45) is 0. The number of nitrogens with zero attached hydrogens (tertiary/aromatic N) is 3. The van der Waals surface area contributed by atoms with Gasteiger partial charge in [0.2, 0.25) is 0 Å². The number of rotatable bonds is 2. The number of amidine groups is 1. The Balaban J connectivity index is 2.41. The van der Waals surface area contributed by atoms with Gasteiger partial charge in [-0.05, 0) is 33.0 Å². The molecule has 0 aliphatic carbocycles. The molecule has 1 aliphatic heterocycles. The average Bonchev–Trinajstić information content (AvgIpc) is 2.40. The lowest BCUT2D eigenvalue weighted by Crippen LogP contribution is -2.58. The van der Waals surface area contributed by atoms with E-state index in [1.165, 1.54) is 6.07 Å². The zero-order valence-corrected chi connectivity index (χ0v) is 12.1. The Labute approximate surface area is 118 Å². The second kappa shape index (κ2) is 5.28. The first-order valence-corrected chi connectivity index (χ1v) is 6.59. The SMILES string of the molecule is CN1CCN(c2cccc(F)c2C(N)=NO)CC1(C)C. The molecule has 1 aliphatic rings. The van der Waals surface area contributed by atoms with E-state index in [4.69, 9.17) is 10.9 Å². The number of halogens is 1. The number of piperazine rings is 1. The van der Waals surface area contributed by atoms with Crippen LogP contribution in [0.15, 0.2) is 23.4 Å². The van der Waals surface area contributed by atoms with E-state index in [-0.39, 0.29) is 16.9 Å². The highest BCUT2D eigenvalue weighted by Gasteiger charge is 2.32. The van der Waals surface area contributed by atoms with Gasteiger partial charge < -0.3 is 15.8 Å². The highest BCUT2D eigenvalue weighted by molar-refractivity contribution is 6.02. The average molecular weight is 280 g/mol. The molecular formula is C14H21FN4O. The van der Waals surface area contributed by atoms with Crippen LogP contribution in [0.1, 0.15) is 19.4 Å². The number of hydrogen-bond acceptors (Lipinski definition) is 4. The van der Waals surface area contributed by atoms with Crippen molar-refractivity contribution in [3.63, 3.8) is 0 Å². The molecule has 0 saturated carbocycles. The smallest absolute Gasteiger partial charge is 0.175 e. The van der Waals surface area contributed by atoms with Crippen LogP contribution in [-0.4, -0.2) is 48.2 Å². The number of nitrogens with two attached hydrogens (primary N) is 1. The number of benzene rings is 1. The van der Waals surface area contributed by atoms with E-state index in [2.05, 4.69) is 35.9 Å². The van der Waals surface area contributed by atoms with Crippen molar-refractivity contribution in [2.45, 2.75) is 19.4 Å². The molecule has 1 saturated heterocycles. The molecule has 1 fully saturated rings. The maximum Gasteiger partial charge on any atom is 0.175 e. The van der Waals surface area contributed by atoms with Gasteiger partial charge in [0.15, 0.2) is 5.84 Å². The van der Waals surface area contributed by atoms with Crippen LogP contribution in [0.5, 0.6) is 0 Å². The fraction of sp³-hybridized carbons (Fsp3) is 0.500. The van der Waals surface area contributed by atoms with Gasteiger partial charge in [0.1, 0.15) is 5.82 Å². The number of likely N-dealkylation sites (N-methyl/N-ethyl adjacent to an activating group) is 1. The molecule has 6 heteroatoms. The van der Waals surface area contributed by atoms with Crippen LogP contribution >= 0.6 is 0 Å². The summed E-state index contributed by atoms with van der Waals surface area (Å²) in [5.74, 6) is -0.677. The van der Waals surface area contributed by atoms with Crippen LogP contribution < -0.4 is 10.6 Å². The van der Waals surface area contributed by atoms with Crippen LogP contribution in [0.25, 0.3) is 0 Å². The third-order valence-corrected chi connectivity index (χ3v) is 4.01. The Kier molecular flexibility index (Phi) is 3.85. The Bertz CT molecular complexity index is 530. The maximum atomic E-state index is 14.0. The third-order valence-electron chi connectivity index (χ3n) is 4.01. The van der Waals surface area contributed by atoms with E-state index in [0.717, 1.165) is 19.6 Å². The summed E-state index contributed by atoms with van der Waals surface area (Å²) < 4.78 is 14.0. The number of hydrogen-bond donors (Lipinski definition) is 2. The Morgan fingerprint density at radius 2 is 2.10 bits per heavy atom. The van der Waals surface area contributed by atoms with Crippen LogP contribution in [0.2, 0.25) is 0 Å². The highest BCUT2D eigenvalue weighted by atomic mass is 19.1. The number of oxime groups is 1. The summed E-state index contributed by atoms with van der Waals surface area (Å²) in [6, 6.07) is 4.76. The molecule has 1 heterocycles. The molecule has 1 aromatic carbocycles. The lowest BCUT2D eigenvalue weighted by molar-refractivity contribution is 0.139. The summed E-state index contributed by atoms with van der Waals surface area (Å²) in [6.45, 7) is 6.68. The van der Waals surface area contributed by atoms with Gasteiger partial charge in [-0.15, -0.1) is 0 Å². The summed E-state index contributed by atoms with van der Waals surface area (Å²) >= 11 is 0. The molecule has 0 amide bonds. The lowest BCUT2D eigenvalue weighted by atomic mass is 9.98. The van der Waals surface area contributed by atoms with Crippen molar-refractivity contribution in [1.29, 1.82) is 0 Å². The molecule has 0 bridgehead atoms. The Hall–Kier alpha value is -1.82. The maximum absolute atomic E-state index is 14.0. The van der Waals surface area contributed by atoms with E-state index in [1.54, 1.807) is 12.1 Å². The first kappa shape index (κ1) is 14.6. The van der Waals surface area contributed by atoms with Crippen molar-refractivity contribution in [1.82, 2.24) is 4.90 Å². The molecule has 1 aromatic rings. The largest absolute Gasteiger partial charge is 0.409 e. The van der Waals surface area contributed by atoms with Crippen molar-refractivity contribution in [2.24, 2.45) is 10.9 Å². The van der Waals surface area contributed by atoms with E-state index >= 15 is 0 Å². The zero-order valence-electron chi connectivity index (χ0n) is 12.1. The minimum Gasteiger partial charge on any atom is -0.409 e. The summed E-state index contributed by atoms with van der Waals surface area (Å²) in [4.78, 5) is 4.35. The second-order valence-corrected chi connectivity index (χ2v) is 5.77. The number of anilines is 1. The Morgan fingerprint density at radius 3 is 2.70 bits per heavy atom. The molecule has 0 spiro atoms. The van der Waals surface area contributed by atoms with Crippen LogP contribution in [0, 0.1) is 5.82 Å². The lowest BCUT2D eigenvalue weighted by Gasteiger charge is -2.46. The van der Waals surface area contributed by atoms with Gasteiger partial charge in [0.05, 0.1) is 11.3 Å². The minimum atomic E-state index is -0.477. The molecule has 110 valence electrons. The standard InChI is InChI=1S/C14H21FN4O/c1-14(2)9-19(8-7-18(14)3)11-6-4-5-10(15)12(11)13(16)17-20/h4-6,20H,7-9H2,1-3H3,(H2,16,17). The van der Waals surface area contributed by atoms with Crippen LogP contribution in [-0.2, 0) is 0 Å². The van der Waals surface area contributed by atoms with Crippen molar-refractivity contribution in [3.8, 4) is 0 Å². The topological polar surface area (TPSA) is 65.1 Å². The third kappa shape index (κ3) is 2.56. The van der Waals surface area contributed by atoms with E-state index in [0.29, 0.717) is 5.69 Å². The van der Waals surface area contributed by atoms with E-state index in [1.807, 2.05) is 0 Å². The fourth-order valence-electron chi connectivity index (χ4n) is 2.53. The van der Waals surface area contributed by atoms with Gasteiger partial charge in [-0.2, -0.15) is 0 Å². The summed E-state index contributed by atoms with van der Waals surface area (Å²) in [5.41, 5.74) is 6.43. The van der Waals surface area contributed by atoms with Crippen molar-refractivity contribution >= 4 is 11.5 Å². The normalized spacial score (nSPS) is 20.2. The van der Waals surface area contributed by atoms with Gasteiger partial charge in [-0.3, -0.25) is 4.90 Å². The summed E-state index contributed by atoms with van der Waals surface area (Å²) in [5, 5.41) is 11.8. The first-order chi connectivity index (χ1) is 9.36. The predicted molar refractivity (Wildman–Crippen MR) is 77.8 cm³/mol. The molecule has 20 heavy (non-hydrogen) atoms. The first-order valence-electron chi connectivity index (χ1n) is 6.59. The van der Waals surface area contributed by atoms with Gasteiger partial charge >= 0.3 is 0 Å². The predicted octanol–water partition coefficient (Wildman–Crippen LogP) is 1.45. The second-order valence-electron chi connectivity index (χ2n) is 5.77. The molecule has 3 N–H and O–H groups in total. The Morgan fingerprint density at radius 1 is 1.40 bits per heavy atom. The highest BCUT2D eigenvalue weighted by Crippen LogP contribution is 2.28. The zero-order chi connectivity index (χ0) is 14.9. The van der Waals surface area contributed by atoms with Crippen molar-refractivity contribution < 1.29 is 9.60 Å². The van der Waals surface area contributed by atoms with Crippen LogP contribution in [0.4, 0.5) is 10.1 Å². The van der Waals surface area contributed by atoms with Crippen molar-refractivity contribution in [2.75, 3.05) is 31.6 Å². The molecular weight excluding hydrogens is 259 g/mol. The molecule has 2 rings (SSSR count). The van der Waals surface area contributed by atoms with Gasteiger partial charge in [-0.25, -0.2) is 4.39 Å². The van der Waals surface area contributed by atoms with E-state index < -0.39 is 5.82 Å². The van der Waals surface area contributed by atoms with Crippen molar-refractivity contribution in [3.05, 3.63) is 29.6 Å². The molecule has 0 atom stereocenters. The van der Waals surface area contributed by atoms with Gasteiger partial charge in [0.25, 0.3) is 0 Å². The van der Waals surface area contributed by atoms with Gasteiger partial charge in [0, 0.05) is 25.2 Å². The van der Waals surface area contributed by atoms with Gasteiger partial charge in [-0.1, -0.05) is 11.2 Å². The molecule has 0 unspecified atom stereocenters. The minimum absolute atomic E-state index is 0.0209. The molecule has 0 aromatic heterocycles. The monoisotopic (exact) mass is 280 g/mol. The molecule has 5 nitrogen and oxygen atoms in total. The fourth-order valence-corrected chi connectivity index (χ4v) is 2.53. The van der Waals surface area contributed by atoms with E-state index in [9.17, 15) is 4.39 Å².